The van der Waals surface area contributed by atoms with Crippen molar-refractivity contribution >= 4 is 69.1 Å². The van der Waals surface area contributed by atoms with E-state index in [9.17, 15) is 4.79 Å². The molecule has 4 aromatic rings. The van der Waals surface area contributed by atoms with E-state index in [4.69, 9.17) is 19.8 Å². The smallest absolute Gasteiger partial charge is 0.242 e. The van der Waals surface area contributed by atoms with Gasteiger partial charge in [0.2, 0.25) is 11.9 Å². The van der Waals surface area contributed by atoms with Gasteiger partial charge < -0.3 is 20.7 Å². The van der Waals surface area contributed by atoms with Crippen LogP contribution in [0.5, 0.6) is 5.75 Å². The van der Waals surface area contributed by atoms with Gasteiger partial charge in [-0.25, -0.2) is 9.97 Å². The lowest BCUT2D eigenvalue weighted by Gasteiger charge is -2.27. The van der Waals surface area contributed by atoms with Gasteiger partial charge in [-0.05, 0) is 59.3 Å². The molecular weight excluding hydrogens is 595 g/mol. The van der Waals surface area contributed by atoms with Crippen LogP contribution in [0.15, 0.2) is 46.9 Å². The van der Waals surface area contributed by atoms with Crippen LogP contribution in [0, 0.1) is 0 Å². The highest BCUT2D eigenvalue weighted by atomic mass is 79.9. The highest BCUT2D eigenvalue weighted by Crippen LogP contribution is 2.29. The van der Waals surface area contributed by atoms with Crippen molar-refractivity contribution in [2.45, 2.75) is 13.0 Å². The Bertz CT molecular complexity index is 1380. The van der Waals surface area contributed by atoms with Crippen molar-refractivity contribution in [3.05, 3.63) is 46.9 Å². The molecule has 0 aliphatic carbocycles. The molecule has 2 aromatic carbocycles. The largest absolute Gasteiger partial charge is 0.497 e. The molecule has 0 unspecified atom stereocenters. The molecule has 1 aliphatic heterocycles. The Kier molecular flexibility index (Phi) is 10.5. The molecule has 0 bridgehead atoms. The molecule has 3 heterocycles. The number of ether oxygens (including phenoxy) is 1. The van der Waals surface area contributed by atoms with Crippen LogP contribution < -0.4 is 20.7 Å². The van der Waals surface area contributed by atoms with Crippen LogP contribution in [0.25, 0.3) is 27.9 Å². The monoisotopic (exact) mass is 624 g/mol. The Morgan fingerprint density at radius 2 is 1.87 bits per heavy atom. The van der Waals surface area contributed by atoms with Crippen LogP contribution in [-0.4, -0.2) is 82.8 Å². The molecule has 10 nitrogen and oxygen atoms in total. The summed E-state index contributed by atoms with van der Waals surface area (Å²) in [5.41, 5.74) is 2.25. The Labute approximate surface area is 241 Å². The predicted octanol–water partition coefficient (Wildman–Crippen LogP) is 3.38. The van der Waals surface area contributed by atoms with Gasteiger partial charge in [0.1, 0.15) is 11.8 Å². The van der Waals surface area contributed by atoms with E-state index in [0.29, 0.717) is 24.0 Å². The lowest BCUT2D eigenvalue weighted by molar-refractivity contribution is -0.121. The van der Waals surface area contributed by atoms with Crippen LogP contribution in [0.1, 0.15) is 6.92 Å². The summed E-state index contributed by atoms with van der Waals surface area (Å²) in [7, 11) is 1.63. The first kappa shape index (κ1) is 29.9. The van der Waals surface area contributed by atoms with Gasteiger partial charge in [-0.2, -0.15) is 4.52 Å². The molecule has 1 amide bonds. The van der Waals surface area contributed by atoms with E-state index in [2.05, 4.69) is 36.8 Å². The van der Waals surface area contributed by atoms with E-state index < -0.39 is 6.04 Å². The summed E-state index contributed by atoms with van der Waals surface area (Å²) >= 11 is 3.60. The topological polar surface area (TPSA) is 109 Å². The number of nitrogens with one attached hydrogen (secondary N) is 3. The molecule has 0 radical (unpaired) electrons. The van der Waals surface area contributed by atoms with Crippen molar-refractivity contribution in [3.8, 4) is 17.1 Å². The Morgan fingerprint density at radius 3 is 2.58 bits per heavy atom. The quantitative estimate of drug-likeness (QED) is 0.274. The molecule has 1 atom stereocenters. The number of aromatic nitrogens is 4. The van der Waals surface area contributed by atoms with Crippen molar-refractivity contribution in [1.82, 2.24) is 35.1 Å². The van der Waals surface area contributed by atoms with Crippen molar-refractivity contribution in [1.29, 1.82) is 0 Å². The molecule has 3 N–H and O–H groups in total. The summed E-state index contributed by atoms with van der Waals surface area (Å²) < 4.78 is 7.77. The first-order valence-electron chi connectivity index (χ1n) is 12.0. The van der Waals surface area contributed by atoms with E-state index in [1.54, 1.807) is 11.6 Å². The zero-order valence-corrected chi connectivity index (χ0v) is 24.3. The van der Waals surface area contributed by atoms with Crippen LogP contribution in [0.2, 0.25) is 0 Å². The second-order valence-electron chi connectivity index (χ2n) is 8.72. The summed E-state index contributed by atoms with van der Waals surface area (Å²) in [6, 6.07) is 12.9. The number of piperazine rings is 1. The maximum Gasteiger partial charge on any atom is 0.242 e. The number of amides is 1. The van der Waals surface area contributed by atoms with Gasteiger partial charge in [-0.15, -0.1) is 29.9 Å². The first-order valence-corrected chi connectivity index (χ1v) is 12.8. The average molecular weight is 626 g/mol. The molecule has 5 rings (SSSR count). The zero-order chi connectivity index (χ0) is 25.1. The van der Waals surface area contributed by atoms with Crippen LogP contribution in [0.3, 0.4) is 0 Å². The Balaban J connectivity index is 0.00000200. The molecule has 0 spiro atoms. The number of rotatable bonds is 8. The van der Waals surface area contributed by atoms with E-state index >= 15 is 0 Å². The van der Waals surface area contributed by atoms with Gasteiger partial charge in [0.15, 0.2) is 11.5 Å². The second kappa shape index (κ2) is 13.4. The number of carbonyl (C=O) groups is 1. The predicted molar refractivity (Wildman–Crippen MR) is 158 cm³/mol. The third-order valence-electron chi connectivity index (χ3n) is 6.28. The van der Waals surface area contributed by atoms with E-state index in [1.165, 1.54) is 0 Å². The number of carbonyl (C=O) groups excluding carboxylic acids is 1. The van der Waals surface area contributed by atoms with Crippen LogP contribution >= 0.6 is 40.7 Å². The lowest BCUT2D eigenvalue weighted by atomic mass is 10.2. The van der Waals surface area contributed by atoms with Crippen molar-refractivity contribution in [2.24, 2.45) is 0 Å². The number of fused-ring (bicyclic) bond motifs is 3. The van der Waals surface area contributed by atoms with Gasteiger partial charge in [-0.3, -0.25) is 9.69 Å². The molecule has 1 saturated heterocycles. The van der Waals surface area contributed by atoms with E-state index in [1.807, 2.05) is 49.4 Å². The minimum Gasteiger partial charge on any atom is -0.497 e. The number of halogens is 3. The first-order chi connectivity index (χ1) is 17.5. The Morgan fingerprint density at radius 1 is 1.13 bits per heavy atom. The maximum absolute atomic E-state index is 12.8. The fraction of sp³-hybridized carbons (Fsp3) is 0.360. The number of para-hydroxylation sites is 1. The molecule has 0 saturated carbocycles. The Hall–Kier alpha value is -2.70. The molecule has 1 fully saturated rings. The van der Waals surface area contributed by atoms with Crippen LogP contribution in [-0.2, 0) is 4.79 Å². The SMILES string of the molecule is COc1ccc(-c2nc3c4cccc(Br)c4nc(N[C@H](C)C(=O)NCCN4CCNCC4)n3n2)cc1.Cl.Cl. The van der Waals surface area contributed by atoms with Crippen molar-refractivity contribution in [2.75, 3.05) is 51.7 Å². The van der Waals surface area contributed by atoms with Gasteiger partial charge >= 0.3 is 0 Å². The molecule has 38 heavy (non-hydrogen) atoms. The summed E-state index contributed by atoms with van der Waals surface area (Å²) in [5, 5.41) is 15.2. The van der Waals surface area contributed by atoms with Gasteiger partial charge in [-0.1, -0.05) is 6.07 Å². The van der Waals surface area contributed by atoms with E-state index in [0.717, 1.165) is 59.4 Å². The van der Waals surface area contributed by atoms with Gasteiger partial charge in [0.05, 0.1) is 12.6 Å². The second-order valence-corrected chi connectivity index (χ2v) is 9.57. The molecule has 2 aromatic heterocycles. The number of hydrogen-bond acceptors (Lipinski definition) is 8. The van der Waals surface area contributed by atoms with Gasteiger partial charge in [0.25, 0.3) is 0 Å². The summed E-state index contributed by atoms with van der Waals surface area (Å²) in [4.78, 5) is 24.8. The summed E-state index contributed by atoms with van der Waals surface area (Å²) in [6.07, 6.45) is 0. The van der Waals surface area contributed by atoms with Crippen molar-refractivity contribution in [3.63, 3.8) is 0 Å². The molecule has 1 aliphatic rings. The minimum atomic E-state index is -0.516. The van der Waals surface area contributed by atoms with Gasteiger partial charge in [0, 0.05) is 54.7 Å². The third kappa shape index (κ3) is 6.47. The number of nitrogens with zero attached hydrogens (tertiary/aromatic N) is 5. The molecular formula is C25H31BrCl2N8O2. The highest BCUT2D eigenvalue weighted by molar-refractivity contribution is 9.10. The number of benzene rings is 2. The fourth-order valence-corrected chi connectivity index (χ4v) is 4.69. The fourth-order valence-electron chi connectivity index (χ4n) is 4.24. The number of methoxy groups -OCH3 is 1. The lowest BCUT2D eigenvalue weighted by Crippen LogP contribution is -2.47. The van der Waals surface area contributed by atoms with E-state index in [-0.39, 0.29) is 30.7 Å². The highest BCUT2D eigenvalue weighted by Gasteiger charge is 2.20. The number of anilines is 1. The average Bonchev–Trinajstić information content (AvgIpc) is 3.36. The minimum absolute atomic E-state index is 0. The number of hydrogen-bond donors (Lipinski definition) is 3. The zero-order valence-electron chi connectivity index (χ0n) is 21.1. The maximum atomic E-state index is 12.8. The standard InChI is InChI=1S/C25H29BrN8O2.2ClH/c1-16(24(35)28-12-15-33-13-10-27-11-14-33)29-25-30-21-19(4-3-5-20(21)26)23-31-22(32-34(23)25)17-6-8-18(36-2)9-7-17;;/h3-9,16,27H,10-15H2,1-2H3,(H,28,35)(H,29,30);2*1H/t16-;;/m1../s1. The summed E-state index contributed by atoms with van der Waals surface area (Å²) in [6.45, 7) is 7.23. The normalized spacial score (nSPS) is 14.4. The molecule has 13 heteroatoms. The van der Waals surface area contributed by atoms with Crippen molar-refractivity contribution < 1.29 is 9.53 Å². The summed E-state index contributed by atoms with van der Waals surface area (Å²) in [5.74, 6) is 1.67. The third-order valence-corrected chi connectivity index (χ3v) is 6.92. The molecule has 204 valence electrons. The van der Waals surface area contributed by atoms with Crippen LogP contribution in [0.4, 0.5) is 5.95 Å².